The minimum Gasteiger partial charge on any atom is -0.507 e. The first-order chi connectivity index (χ1) is 19.4. The number of phenols is 1. The van der Waals surface area contributed by atoms with E-state index in [0.29, 0.717) is 17.0 Å². The van der Waals surface area contributed by atoms with Crippen molar-refractivity contribution < 1.29 is 9.52 Å². The quantitative estimate of drug-likeness (QED) is 0.243. The van der Waals surface area contributed by atoms with E-state index in [2.05, 4.69) is 103 Å². The highest BCUT2D eigenvalue weighted by atomic mass is 16.3. The van der Waals surface area contributed by atoms with Gasteiger partial charge in [0.1, 0.15) is 11.3 Å². The predicted octanol–water partition coefficient (Wildman–Crippen LogP) is 9.99. The Morgan fingerprint density at radius 1 is 0.659 bits per heavy atom. The molecule has 4 aromatic carbocycles. The fraction of sp³-hybridized carbons (Fsp3) is 0.243. The molecule has 2 aromatic heterocycles. The van der Waals surface area contributed by atoms with E-state index in [1.54, 1.807) is 12.1 Å². The summed E-state index contributed by atoms with van der Waals surface area (Å²) in [7, 11) is 0. The molecule has 0 atom stereocenters. The Labute approximate surface area is 241 Å². The minimum absolute atomic E-state index is 0.00382. The van der Waals surface area contributed by atoms with Gasteiger partial charge in [0.15, 0.2) is 5.58 Å². The van der Waals surface area contributed by atoms with Gasteiger partial charge in [0.25, 0.3) is 0 Å². The molecule has 206 valence electrons. The van der Waals surface area contributed by atoms with Crippen LogP contribution < -0.4 is 0 Å². The lowest BCUT2D eigenvalue weighted by Crippen LogP contribution is -2.11. The standard InChI is InChI=1S/C37H36N2O2/c1-22-15-16-38-33-28(22)18-25(36(2,3)4)19-29(33)23-11-10-12-24(17-23)30-20-26(37(5,6)7)21-32-34(30)39-35(41-32)27-13-8-9-14-31(27)40/h8-21,40H,1-7H3. The van der Waals surface area contributed by atoms with Gasteiger partial charge in [0, 0.05) is 22.7 Å². The molecule has 0 amide bonds. The monoisotopic (exact) mass is 540 g/mol. The van der Waals surface area contributed by atoms with Crippen molar-refractivity contribution in [3.8, 4) is 39.5 Å². The number of aryl methyl sites for hydroxylation is 1. The molecule has 0 unspecified atom stereocenters. The number of nitrogens with zero attached hydrogens (tertiary/aromatic N) is 2. The van der Waals surface area contributed by atoms with E-state index in [-0.39, 0.29) is 16.6 Å². The van der Waals surface area contributed by atoms with Crippen molar-refractivity contribution >= 4 is 22.0 Å². The van der Waals surface area contributed by atoms with Crippen LogP contribution in [0, 0.1) is 6.92 Å². The lowest BCUT2D eigenvalue weighted by Gasteiger charge is -2.22. The Hall–Kier alpha value is -4.44. The number of rotatable bonds is 3. The zero-order chi connectivity index (χ0) is 29.1. The fourth-order valence-corrected chi connectivity index (χ4v) is 5.35. The number of hydrogen-bond acceptors (Lipinski definition) is 4. The first-order valence-corrected chi connectivity index (χ1v) is 14.1. The predicted molar refractivity (Wildman–Crippen MR) is 169 cm³/mol. The van der Waals surface area contributed by atoms with Crippen LogP contribution in [0.5, 0.6) is 5.75 Å². The Morgan fingerprint density at radius 3 is 1.95 bits per heavy atom. The van der Waals surface area contributed by atoms with Crippen LogP contribution in [0.4, 0.5) is 0 Å². The van der Waals surface area contributed by atoms with E-state index < -0.39 is 0 Å². The van der Waals surface area contributed by atoms with E-state index in [0.717, 1.165) is 38.9 Å². The van der Waals surface area contributed by atoms with Gasteiger partial charge in [-0.1, -0.05) is 71.9 Å². The maximum Gasteiger partial charge on any atom is 0.231 e. The maximum atomic E-state index is 10.5. The summed E-state index contributed by atoms with van der Waals surface area (Å²) in [5, 5.41) is 11.7. The summed E-state index contributed by atoms with van der Waals surface area (Å²) in [5.74, 6) is 0.553. The van der Waals surface area contributed by atoms with Crippen LogP contribution in [0.15, 0.2) is 89.5 Å². The van der Waals surface area contributed by atoms with E-state index in [4.69, 9.17) is 14.4 Å². The van der Waals surface area contributed by atoms with E-state index in [1.807, 2.05) is 18.3 Å². The molecule has 0 bridgehead atoms. The van der Waals surface area contributed by atoms with E-state index >= 15 is 0 Å². The molecular formula is C37H36N2O2. The summed E-state index contributed by atoms with van der Waals surface area (Å²) in [6.45, 7) is 15.5. The number of fused-ring (bicyclic) bond motifs is 2. The Morgan fingerprint density at radius 2 is 1.29 bits per heavy atom. The SMILES string of the molecule is Cc1ccnc2c(-c3cccc(-c4cc(C(C)(C)C)cc5oc(-c6ccccc6O)nc45)c3)cc(C(C)(C)C)cc12. The Kier molecular flexibility index (Phi) is 6.26. The third-order valence-electron chi connectivity index (χ3n) is 7.91. The summed E-state index contributed by atoms with van der Waals surface area (Å²) in [6.07, 6.45) is 1.90. The van der Waals surface area contributed by atoms with Crippen LogP contribution >= 0.6 is 0 Å². The largest absolute Gasteiger partial charge is 0.507 e. The van der Waals surface area contributed by atoms with Crippen molar-refractivity contribution in [2.75, 3.05) is 0 Å². The highest BCUT2D eigenvalue weighted by molar-refractivity contribution is 5.98. The second-order valence-electron chi connectivity index (χ2n) is 13.0. The van der Waals surface area contributed by atoms with Crippen LogP contribution in [-0.4, -0.2) is 15.1 Å². The zero-order valence-electron chi connectivity index (χ0n) is 24.8. The van der Waals surface area contributed by atoms with Gasteiger partial charge < -0.3 is 9.52 Å². The summed E-state index contributed by atoms with van der Waals surface area (Å²) in [4.78, 5) is 9.75. The highest BCUT2D eigenvalue weighted by Gasteiger charge is 2.22. The van der Waals surface area contributed by atoms with Crippen molar-refractivity contribution in [1.29, 1.82) is 0 Å². The maximum absolute atomic E-state index is 10.5. The molecule has 0 aliphatic carbocycles. The van der Waals surface area contributed by atoms with Gasteiger partial charge >= 0.3 is 0 Å². The van der Waals surface area contributed by atoms with Gasteiger partial charge in [0.05, 0.1) is 11.1 Å². The van der Waals surface area contributed by atoms with Crippen LogP contribution in [0.2, 0.25) is 0 Å². The normalized spacial score (nSPS) is 12.4. The summed E-state index contributed by atoms with van der Waals surface area (Å²) in [6, 6.07) is 26.8. The van der Waals surface area contributed by atoms with Gasteiger partial charge in [-0.25, -0.2) is 4.98 Å². The number of aromatic hydroxyl groups is 1. The van der Waals surface area contributed by atoms with Crippen LogP contribution in [0.25, 0.3) is 55.7 Å². The molecule has 1 N–H and O–H groups in total. The van der Waals surface area contributed by atoms with Crippen LogP contribution in [0.1, 0.15) is 58.2 Å². The van der Waals surface area contributed by atoms with Gasteiger partial charge in [-0.05, 0) is 94.1 Å². The smallest absolute Gasteiger partial charge is 0.231 e. The zero-order valence-corrected chi connectivity index (χ0v) is 24.8. The van der Waals surface area contributed by atoms with Crippen molar-refractivity contribution in [3.63, 3.8) is 0 Å². The Bertz CT molecular complexity index is 1930. The minimum atomic E-state index is -0.0962. The number of benzene rings is 4. The first-order valence-electron chi connectivity index (χ1n) is 14.1. The summed E-state index contributed by atoms with van der Waals surface area (Å²) >= 11 is 0. The lowest BCUT2D eigenvalue weighted by molar-refractivity contribution is 0.474. The third-order valence-corrected chi connectivity index (χ3v) is 7.91. The number of aromatic nitrogens is 2. The molecule has 0 spiro atoms. The molecule has 4 heteroatoms. The van der Waals surface area contributed by atoms with E-state index in [1.165, 1.54) is 16.5 Å². The van der Waals surface area contributed by atoms with Crippen molar-refractivity contribution in [2.45, 2.75) is 59.3 Å². The molecule has 2 heterocycles. The van der Waals surface area contributed by atoms with Crippen molar-refractivity contribution in [2.24, 2.45) is 0 Å². The van der Waals surface area contributed by atoms with Crippen molar-refractivity contribution in [3.05, 3.63) is 102 Å². The summed E-state index contributed by atoms with van der Waals surface area (Å²) < 4.78 is 6.29. The molecule has 41 heavy (non-hydrogen) atoms. The van der Waals surface area contributed by atoms with Gasteiger partial charge in [-0.2, -0.15) is 0 Å². The molecule has 0 radical (unpaired) electrons. The average Bonchev–Trinajstić information content (AvgIpc) is 3.36. The van der Waals surface area contributed by atoms with E-state index in [9.17, 15) is 5.11 Å². The molecule has 4 nitrogen and oxygen atoms in total. The van der Waals surface area contributed by atoms with Crippen LogP contribution in [-0.2, 0) is 10.8 Å². The fourth-order valence-electron chi connectivity index (χ4n) is 5.35. The second kappa shape index (κ2) is 9.59. The Balaban J connectivity index is 1.60. The number of para-hydroxylation sites is 1. The second-order valence-corrected chi connectivity index (χ2v) is 13.0. The molecular weight excluding hydrogens is 504 g/mol. The average molecular weight is 541 g/mol. The van der Waals surface area contributed by atoms with Gasteiger partial charge in [-0.15, -0.1) is 0 Å². The van der Waals surface area contributed by atoms with Crippen molar-refractivity contribution in [1.82, 2.24) is 9.97 Å². The molecule has 0 saturated heterocycles. The molecule has 0 aliphatic heterocycles. The third kappa shape index (κ3) is 4.88. The number of pyridine rings is 1. The van der Waals surface area contributed by atoms with Crippen LogP contribution in [0.3, 0.4) is 0 Å². The number of oxazole rings is 1. The number of phenolic OH excluding ortho intramolecular Hbond substituents is 1. The molecule has 0 fully saturated rings. The molecule has 6 rings (SSSR count). The first kappa shape index (κ1) is 26.8. The molecule has 0 aliphatic rings. The van der Waals surface area contributed by atoms with Gasteiger partial charge in [0.2, 0.25) is 5.89 Å². The summed E-state index contributed by atoms with van der Waals surface area (Å²) in [5.41, 5.74) is 10.9. The van der Waals surface area contributed by atoms with Gasteiger partial charge in [-0.3, -0.25) is 4.98 Å². The molecule has 0 saturated carbocycles. The molecule has 6 aromatic rings. The number of hydrogen-bond donors (Lipinski definition) is 1. The lowest BCUT2D eigenvalue weighted by atomic mass is 9.83. The topological polar surface area (TPSA) is 59.2 Å². The highest BCUT2D eigenvalue weighted by Crippen LogP contribution is 2.40.